The first kappa shape index (κ1) is 19.9. The van der Waals surface area contributed by atoms with E-state index < -0.39 is 0 Å². The number of nitrogens with zero attached hydrogens (tertiary/aromatic N) is 5. The minimum Gasteiger partial charge on any atom is -0.496 e. The van der Waals surface area contributed by atoms with E-state index in [1.165, 1.54) is 0 Å². The smallest absolute Gasteiger partial charge is 0.225 e. The fourth-order valence-corrected chi connectivity index (χ4v) is 4.68. The first-order chi connectivity index (χ1) is 16.3. The van der Waals surface area contributed by atoms with Gasteiger partial charge in [-0.3, -0.25) is 4.40 Å². The molecule has 4 aromatic rings. The van der Waals surface area contributed by atoms with E-state index >= 15 is 0 Å². The second-order valence-electron chi connectivity index (χ2n) is 8.28. The number of fused-ring (bicyclic) bond motifs is 3. The number of imidazole rings is 1. The van der Waals surface area contributed by atoms with Gasteiger partial charge in [0.1, 0.15) is 11.4 Å². The molecule has 1 saturated heterocycles. The number of rotatable bonds is 4. The Morgan fingerprint density at radius 1 is 0.970 bits per heavy atom. The molecule has 1 aromatic carbocycles. The van der Waals surface area contributed by atoms with Gasteiger partial charge in [-0.05, 0) is 31.0 Å². The van der Waals surface area contributed by atoms with Crippen LogP contribution in [-0.2, 0) is 11.2 Å². The van der Waals surface area contributed by atoms with Crippen LogP contribution in [0.3, 0.4) is 0 Å². The van der Waals surface area contributed by atoms with Crippen molar-refractivity contribution in [1.82, 2.24) is 19.4 Å². The van der Waals surface area contributed by atoms with Crippen LogP contribution in [0.4, 0.5) is 5.95 Å². The molecule has 166 valence electrons. The summed E-state index contributed by atoms with van der Waals surface area (Å²) in [5.41, 5.74) is 7.49. The highest BCUT2D eigenvalue weighted by molar-refractivity contribution is 5.85. The minimum atomic E-state index is 0.718. The Balaban J connectivity index is 1.40. The van der Waals surface area contributed by atoms with Crippen molar-refractivity contribution in [3.8, 4) is 16.9 Å². The monoisotopic (exact) mass is 439 g/mol. The van der Waals surface area contributed by atoms with Gasteiger partial charge in [0.2, 0.25) is 5.95 Å². The molecule has 0 saturated carbocycles. The summed E-state index contributed by atoms with van der Waals surface area (Å²) in [7, 11) is 1.72. The molecule has 33 heavy (non-hydrogen) atoms. The number of aryl methyl sites for hydroxylation is 1. The Bertz CT molecular complexity index is 1340. The second-order valence-corrected chi connectivity index (χ2v) is 8.28. The molecule has 0 radical (unpaired) electrons. The third-order valence-electron chi connectivity index (χ3n) is 6.34. The van der Waals surface area contributed by atoms with Gasteiger partial charge in [0.15, 0.2) is 0 Å². The summed E-state index contributed by atoms with van der Waals surface area (Å²) < 4.78 is 13.3. The van der Waals surface area contributed by atoms with Crippen LogP contribution in [0.15, 0.2) is 61.1 Å². The number of anilines is 1. The molecule has 3 aromatic heterocycles. The quantitative estimate of drug-likeness (QED) is 0.479. The SMILES string of the molecule is COc1ccccc1C1=CCCc2nc3ccc(-c4cnc(N5CCOCC5)nc4)cn3c21. The van der Waals surface area contributed by atoms with Crippen molar-refractivity contribution in [2.75, 3.05) is 38.3 Å². The van der Waals surface area contributed by atoms with Crippen LogP contribution < -0.4 is 9.64 Å². The van der Waals surface area contributed by atoms with Crippen LogP contribution in [0, 0.1) is 0 Å². The van der Waals surface area contributed by atoms with E-state index in [2.05, 4.69) is 55.8 Å². The molecule has 2 aliphatic rings. The van der Waals surface area contributed by atoms with E-state index in [0.29, 0.717) is 0 Å². The molecule has 1 aliphatic heterocycles. The Kier molecular flexibility index (Phi) is 5.03. The lowest BCUT2D eigenvalue weighted by Crippen LogP contribution is -2.37. The Morgan fingerprint density at radius 3 is 2.61 bits per heavy atom. The van der Waals surface area contributed by atoms with Crippen molar-refractivity contribution in [3.05, 3.63) is 78.0 Å². The van der Waals surface area contributed by atoms with Gasteiger partial charge in [-0.15, -0.1) is 0 Å². The number of para-hydroxylation sites is 1. The number of hydrogen-bond acceptors (Lipinski definition) is 6. The molecular weight excluding hydrogens is 414 g/mol. The van der Waals surface area contributed by atoms with Gasteiger partial charge in [0.25, 0.3) is 0 Å². The lowest BCUT2D eigenvalue weighted by atomic mass is 9.93. The molecule has 0 N–H and O–H groups in total. The summed E-state index contributed by atoms with van der Waals surface area (Å²) in [4.78, 5) is 16.3. The number of pyridine rings is 1. The maximum Gasteiger partial charge on any atom is 0.225 e. The Labute approximate surface area is 192 Å². The number of benzene rings is 1. The minimum absolute atomic E-state index is 0.718. The first-order valence-electron chi connectivity index (χ1n) is 11.3. The zero-order valence-corrected chi connectivity index (χ0v) is 18.6. The molecule has 7 heteroatoms. The fourth-order valence-electron chi connectivity index (χ4n) is 4.68. The highest BCUT2D eigenvalue weighted by Crippen LogP contribution is 2.37. The molecule has 0 unspecified atom stereocenters. The molecule has 1 fully saturated rings. The molecule has 6 rings (SSSR count). The van der Waals surface area contributed by atoms with Gasteiger partial charge in [-0.25, -0.2) is 15.0 Å². The van der Waals surface area contributed by atoms with Crippen LogP contribution in [-0.4, -0.2) is 52.8 Å². The number of morpholine rings is 1. The van der Waals surface area contributed by atoms with E-state index in [4.69, 9.17) is 14.5 Å². The van der Waals surface area contributed by atoms with E-state index in [1.807, 2.05) is 24.5 Å². The van der Waals surface area contributed by atoms with Crippen LogP contribution in [0.2, 0.25) is 0 Å². The number of hydrogen-bond donors (Lipinski definition) is 0. The van der Waals surface area contributed by atoms with E-state index in [0.717, 1.165) is 90.1 Å². The van der Waals surface area contributed by atoms with Gasteiger partial charge in [0.05, 0.1) is 31.7 Å². The maximum absolute atomic E-state index is 5.66. The topological polar surface area (TPSA) is 64.8 Å². The third kappa shape index (κ3) is 3.54. The molecule has 7 nitrogen and oxygen atoms in total. The van der Waals surface area contributed by atoms with E-state index in [9.17, 15) is 0 Å². The number of methoxy groups -OCH3 is 1. The third-order valence-corrected chi connectivity index (χ3v) is 6.34. The predicted octanol–water partition coefficient (Wildman–Crippen LogP) is 4.01. The summed E-state index contributed by atoms with van der Waals surface area (Å²) >= 11 is 0. The zero-order chi connectivity index (χ0) is 22.2. The highest BCUT2D eigenvalue weighted by atomic mass is 16.5. The van der Waals surface area contributed by atoms with Crippen molar-refractivity contribution >= 4 is 17.2 Å². The number of aromatic nitrogens is 4. The largest absolute Gasteiger partial charge is 0.496 e. The van der Waals surface area contributed by atoms with Crippen molar-refractivity contribution < 1.29 is 9.47 Å². The Morgan fingerprint density at radius 2 is 1.79 bits per heavy atom. The lowest BCUT2D eigenvalue weighted by Gasteiger charge is -2.26. The molecular formula is C26H25N5O2. The van der Waals surface area contributed by atoms with Crippen molar-refractivity contribution in [1.29, 1.82) is 0 Å². The summed E-state index contributed by atoms with van der Waals surface area (Å²) in [5.74, 6) is 1.62. The average Bonchev–Trinajstić information content (AvgIpc) is 3.27. The van der Waals surface area contributed by atoms with Crippen LogP contribution in [0.1, 0.15) is 23.4 Å². The van der Waals surface area contributed by atoms with Crippen LogP contribution in [0.25, 0.3) is 22.3 Å². The lowest BCUT2D eigenvalue weighted by molar-refractivity contribution is 0.122. The maximum atomic E-state index is 5.66. The zero-order valence-electron chi connectivity index (χ0n) is 18.6. The molecule has 0 bridgehead atoms. The molecule has 4 heterocycles. The van der Waals surface area contributed by atoms with Crippen molar-refractivity contribution in [2.45, 2.75) is 12.8 Å². The van der Waals surface area contributed by atoms with Crippen LogP contribution >= 0.6 is 0 Å². The van der Waals surface area contributed by atoms with Crippen LogP contribution in [0.5, 0.6) is 5.75 Å². The fraction of sp³-hybridized carbons (Fsp3) is 0.269. The normalized spacial score (nSPS) is 15.9. The molecule has 0 atom stereocenters. The molecule has 0 spiro atoms. The number of allylic oxidation sites excluding steroid dienone is 1. The predicted molar refractivity (Wildman–Crippen MR) is 128 cm³/mol. The first-order valence-corrected chi connectivity index (χ1v) is 11.3. The van der Waals surface area contributed by atoms with E-state index in [1.54, 1.807) is 7.11 Å². The average molecular weight is 440 g/mol. The summed E-state index contributed by atoms with van der Waals surface area (Å²) in [6.07, 6.45) is 10.1. The van der Waals surface area contributed by atoms with Crippen molar-refractivity contribution in [3.63, 3.8) is 0 Å². The van der Waals surface area contributed by atoms with Gasteiger partial charge in [0, 0.05) is 53.9 Å². The second kappa shape index (κ2) is 8.33. The highest BCUT2D eigenvalue weighted by Gasteiger charge is 2.23. The standard InChI is InChI=1S/C26H25N5O2/c1-32-23-8-3-2-5-20(23)21-6-4-7-22-25(21)31-17-18(9-10-24(31)29-22)19-15-27-26(28-16-19)30-11-13-33-14-12-30/h2-3,5-6,8-10,15-17H,4,7,11-14H2,1H3. The van der Waals surface area contributed by atoms with E-state index in [-0.39, 0.29) is 0 Å². The summed E-state index contributed by atoms with van der Waals surface area (Å²) in [5, 5.41) is 0. The van der Waals surface area contributed by atoms with Gasteiger partial charge in [-0.2, -0.15) is 0 Å². The van der Waals surface area contributed by atoms with Gasteiger partial charge >= 0.3 is 0 Å². The van der Waals surface area contributed by atoms with Gasteiger partial charge in [-0.1, -0.05) is 24.3 Å². The Hall–Kier alpha value is -3.71. The van der Waals surface area contributed by atoms with Gasteiger partial charge < -0.3 is 14.4 Å². The van der Waals surface area contributed by atoms with Crippen molar-refractivity contribution in [2.24, 2.45) is 0 Å². The summed E-state index contributed by atoms with van der Waals surface area (Å²) in [6, 6.07) is 12.3. The molecule has 0 amide bonds. The molecule has 1 aliphatic carbocycles. The number of ether oxygens (including phenoxy) is 2. The summed E-state index contributed by atoms with van der Waals surface area (Å²) in [6.45, 7) is 3.08.